The minimum absolute atomic E-state index is 0. The summed E-state index contributed by atoms with van der Waals surface area (Å²) in [6.45, 7) is 5.43. The normalized spacial score (nSPS) is 14.8. The Balaban J connectivity index is 0.00000200. The van der Waals surface area contributed by atoms with Crippen molar-refractivity contribution in [2.75, 3.05) is 6.54 Å². The maximum atomic E-state index is 12.7. The van der Waals surface area contributed by atoms with Crippen molar-refractivity contribution in [3.63, 3.8) is 0 Å². The molecule has 2 rings (SSSR count). The summed E-state index contributed by atoms with van der Waals surface area (Å²) < 4.78 is 26.1. The molecule has 0 saturated carbocycles. The quantitative estimate of drug-likeness (QED) is 0.659. The van der Waals surface area contributed by atoms with Crippen LogP contribution >= 0.6 is 15.9 Å². The van der Waals surface area contributed by atoms with E-state index in [2.05, 4.69) is 28.6 Å². The summed E-state index contributed by atoms with van der Waals surface area (Å²) >= 11 is 3.29. The van der Waals surface area contributed by atoms with Gasteiger partial charge in [0, 0.05) is 32.7 Å². The predicted octanol–water partition coefficient (Wildman–Crippen LogP) is 4.51. The molecular formula is C15H13BrF2NY-. The fraction of sp³-hybridized carbons (Fsp3) is 0.200. The molecule has 1 aliphatic rings. The van der Waals surface area contributed by atoms with Crippen LogP contribution in [0.5, 0.6) is 0 Å². The van der Waals surface area contributed by atoms with Gasteiger partial charge in [0.2, 0.25) is 0 Å². The van der Waals surface area contributed by atoms with Gasteiger partial charge in [0.1, 0.15) is 0 Å². The van der Waals surface area contributed by atoms with Crippen molar-refractivity contribution in [2.45, 2.75) is 13.3 Å². The molecule has 0 unspecified atom stereocenters. The summed E-state index contributed by atoms with van der Waals surface area (Å²) in [6, 6.07) is 7.69. The van der Waals surface area contributed by atoms with Gasteiger partial charge in [0.25, 0.3) is 6.43 Å². The topological polar surface area (TPSA) is 3.24 Å². The first-order chi connectivity index (χ1) is 8.99. The van der Waals surface area contributed by atoms with E-state index >= 15 is 0 Å². The van der Waals surface area contributed by atoms with Crippen molar-refractivity contribution in [3.05, 3.63) is 64.3 Å². The molecule has 5 heteroatoms. The first-order valence-corrected chi connectivity index (χ1v) is 6.59. The fourth-order valence-electron chi connectivity index (χ4n) is 1.85. The van der Waals surface area contributed by atoms with Crippen molar-refractivity contribution in [2.24, 2.45) is 0 Å². The smallest absolute Gasteiger partial charge is 0.256 e. The van der Waals surface area contributed by atoms with E-state index in [1.165, 1.54) is 4.90 Å². The summed E-state index contributed by atoms with van der Waals surface area (Å²) in [5.41, 5.74) is 3.11. The molecule has 1 radical (unpaired) electrons. The number of alkyl halides is 2. The van der Waals surface area contributed by atoms with Crippen LogP contribution in [0.2, 0.25) is 0 Å². The van der Waals surface area contributed by atoms with Gasteiger partial charge >= 0.3 is 0 Å². The van der Waals surface area contributed by atoms with Gasteiger partial charge in [-0.05, 0) is 12.6 Å². The van der Waals surface area contributed by atoms with E-state index in [0.29, 0.717) is 15.9 Å². The average molecular weight is 414 g/mol. The molecule has 1 aliphatic heterocycles. The van der Waals surface area contributed by atoms with Crippen molar-refractivity contribution < 1.29 is 41.5 Å². The summed E-state index contributed by atoms with van der Waals surface area (Å²) in [7, 11) is 0. The van der Waals surface area contributed by atoms with Crippen LogP contribution in [0.1, 0.15) is 11.1 Å². The molecule has 0 spiro atoms. The number of nitrogens with zero attached hydrogens (tertiary/aromatic N) is 1. The Hall–Kier alpha value is -0.316. The van der Waals surface area contributed by atoms with E-state index in [1.807, 2.05) is 31.2 Å². The molecule has 0 N–H and O–H groups in total. The third-order valence-electron chi connectivity index (χ3n) is 2.85. The molecule has 0 saturated heterocycles. The van der Waals surface area contributed by atoms with E-state index in [4.69, 9.17) is 0 Å². The van der Waals surface area contributed by atoms with Gasteiger partial charge in [0.05, 0.1) is 6.54 Å². The number of halogens is 3. The minimum Gasteiger partial charge on any atom is -0.369 e. The number of hydrogen-bond acceptors (Lipinski definition) is 1. The Morgan fingerprint density at radius 3 is 2.45 bits per heavy atom. The van der Waals surface area contributed by atoms with Gasteiger partial charge in [-0.1, -0.05) is 40.0 Å². The van der Waals surface area contributed by atoms with E-state index in [1.54, 1.807) is 6.08 Å². The first kappa shape index (κ1) is 17.7. The monoisotopic (exact) mass is 413 g/mol. The maximum Gasteiger partial charge on any atom is 0.256 e. The van der Waals surface area contributed by atoms with Crippen molar-refractivity contribution in [3.8, 4) is 0 Å². The Bertz CT molecular complexity index is 549. The zero-order valence-corrected chi connectivity index (χ0v) is 15.5. The van der Waals surface area contributed by atoms with E-state index in [-0.39, 0.29) is 32.7 Å². The largest absolute Gasteiger partial charge is 0.369 e. The third-order valence-corrected chi connectivity index (χ3v) is 3.54. The van der Waals surface area contributed by atoms with Crippen LogP contribution in [-0.4, -0.2) is 17.9 Å². The van der Waals surface area contributed by atoms with Crippen LogP contribution in [-0.2, 0) is 32.7 Å². The van der Waals surface area contributed by atoms with Crippen LogP contribution in [0.3, 0.4) is 0 Å². The van der Waals surface area contributed by atoms with Crippen LogP contribution in [0.4, 0.5) is 8.78 Å². The number of allylic oxidation sites excluding steroid dienone is 3. The Kier molecular flexibility index (Phi) is 6.76. The van der Waals surface area contributed by atoms with Gasteiger partial charge in [-0.15, -0.1) is 28.1 Å². The molecule has 1 heterocycles. The second kappa shape index (κ2) is 7.62. The minimum atomic E-state index is -2.43. The number of benzene rings is 1. The molecule has 1 aromatic rings. The molecule has 0 aliphatic carbocycles. The molecule has 1 nitrogen and oxygen atoms in total. The molecule has 103 valence electrons. The molecule has 0 atom stereocenters. The Morgan fingerprint density at radius 1 is 1.30 bits per heavy atom. The SMILES string of the molecule is C=C1C(Br)=C[C-]=C(c2ccc(C)cc2)N1CC(F)F.[Y]. The number of hydrogen-bond donors (Lipinski definition) is 0. The van der Waals surface area contributed by atoms with Crippen molar-refractivity contribution in [1.82, 2.24) is 4.90 Å². The van der Waals surface area contributed by atoms with Crippen molar-refractivity contribution >= 4 is 21.6 Å². The van der Waals surface area contributed by atoms with Gasteiger partial charge in [-0.25, -0.2) is 8.78 Å². The second-order valence-corrected chi connectivity index (χ2v) is 5.15. The summed E-state index contributed by atoms with van der Waals surface area (Å²) in [5.74, 6) is 0. The van der Waals surface area contributed by atoms with Gasteiger partial charge in [0.15, 0.2) is 0 Å². The maximum absolute atomic E-state index is 12.7. The van der Waals surface area contributed by atoms with Crippen molar-refractivity contribution in [1.29, 1.82) is 0 Å². The Morgan fingerprint density at radius 2 is 1.90 bits per heavy atom. The molecule has 0 aromatic heterocycles. The second-order valence-electron chi connectivity index (χ2n) is 4.30. The van der Waals surface area contributed by atoms with Gasteiger partial charge in [-0.2, -0.15) is 12.2 Å². The molecule has 0 fully saturated rings. The average Bonchev–Trinajstić information content (AvgIpc) is 2.36. The van der Waals surface area contributed by atoms with Gasteiger partial charge in [-0.3, -0.25) is 0 Å². The molecule has 20 heavy (non-hydrogen) atoms. The fourth-order valence-corrected chi connectivity index (χ4v) is 2.18. The summed E-state index contributed by atoms with van der Waals surface area (Å²) in [4.78, 5) is 1.49. The summed E-state index contributed by atoms with van der Waals surface area (Å²) in [5, 5.41) is 0. The standard InChI is InChI=1S/C15H13BrF2N.Y/c1-10-3-5-12(6-4-10)14-8-7-13(16)11(2)19(14)9-15(17)18;/h3-7,15H,2,9H2,1H3;/q-1;. The van der Waals surface area contributed by atoms with E-state index < -0.39 is 13.0 Å². The zero-order valence-electron chi connectivity index (χ0n) is 11.0. The van der Waals surface area contributed by atoms with E-state index in [0.717, 1.165) is 11.1 Å². The first-order valence-electron chi connectivity index (χ1n) is 5.80. The number of rotatable bonds is 3. The molecule has 0 bridgehead atoms. The predicted molar refractivity (Wildman–Crippen MR) is 76.7 cm³/mol. The Labute approximate surface area is 151 Å². The molecule has 1 aromatic carbocycles. The molecular weight excluding hydrogens is 401 g/mol. The summed E-state index contributed by atoms with van der Waals surface area (Å²) in [6.07, 6.45) is 2.30. The zero-order chi connectivity index (χ0) is 14.0. The van der Waals surface area contributed by atoms with Crippen LogP contribution in [0, 0.1) is 13.0 Å². The van der Waals surface area contributed by atoms with E-state index in [9.17, 15) is 8.78 Å². The van der Waals surface area contributed by atoms with Gasteiger partial charge < -0.3 is 4.90 Å². The van der Waals surface area contributed by atoms with Crippen LogP contribution < -0.4 is 0 Å². The van der Waals surface area contributed by atoms with Crippen LogP contribution in [0.25, 0.3) is 5.70 Å². The number of aryl methyl sites for hydroxylation is 1. The van der Waals surface area contributed by atoms with Crippen LogP contribution in [0.15, 0.2) is 47.1 Å². The molecule has 0 amide bonds. The third kappa shape index (κ3) is 4.09.